The van der Waals surface area contributed by atoms with Gasteiger partial charge in [0.05, 0.1) is 51.1 Å². The fourth-order valence-corrected chi connectivity index (χ4v) is 7.29. The SMILES string of the molecule is [C-]#[N+]c1cccc(C(F)(F)F)c1-c1cc(C#N)c(-n2c3ccccc3c3cccc(C)c32)c(-n2c3ccccc3c3cccc(C)c32)c1. The molecule has 8 aromatic rings. The summed E-state index contributed by atoms with van der Waals surface area (Å²) in [7, 11) is 0. The minimum Gasteiger partial charge on any atom is -0.307 e. The zero-order valence-electron chi connectivity index (χ0n) is 25.9. The minimum atomic E-state index is -4.73. The molecule has 0 fully saturated rings. The number of fused-ring (bicyclic) bond motifs is 6. The number of aromatic nitrogens is 2. The minimum absolute atomic E-state index is 0.140. The predicted molar refractivity (Wildman–Crippen MR) is 186 cm³/mol. The Labute approximate surface area is 273 Å². The fraction of sp³-hybridized carbons (Fsp3) is 0.0732. The molecule has 0 radical (unpaired) electrons. The molecule has 0 atom stereocenters. The Morgan fingerprint density at radius 2 is 1.21 bits per heavy atom. The molecule has 0 saturated carbocycles. The first kappa shape index (κ1) is 29.1. The Morgan fingerprint density at radius 1 is 0.667 bits per heavy atom. The number of hydrogen-bond acceptors (Lipinski definition) is 1. The number of nitrogens with zero attached hydrogens (tertiary/aromatic N) is 4. The van der Waals surface area contributed by atoms with Gasteiger partial charge in [-0.2, -0.15) is 18.4 Å². The maximum Gasteiger partial charge on any atom is 0.415 e. The van der Waals surface area contributed by atoms with Crippen LogP contribution in [0, 0.1) is 31.8 Å². The first-order chi connectivity index (χ1) is 23.2. The third-order valence-electron chi connectivity index (χ3n) is 9.22. The van der Waals surface area contributed by atoms with Gasteiger partial charge in [0.25, 0.3) is 0 Å². The maximum absolute atomic E-state index is 14.6. The molecule has 0 saturated heterocycles. The third-order valence-corrected chi connectivity index (χ3v) is 9.22. The highest BCUT2D eigenvalue weighted by atomic mass is 19.4. The topological polar surface area (TPSA) is 38.0 Å². The van der Waals surface area contributed by atoms with Gasteiger partial charge in [0, 0.05) is 21.5 Å². The van der Waals surface area contributed by atoms with Crippen molar-refractivity contribution in [1.82, 2.24) is 9.13 Å². The first-order valence-corrected chi connectivity index (χ1v) is 15.4. The lowest BCUT2D eigenvalue weighted by Gasteiger charge is -2.22. The summed E-state index contributed by atoms with van der Waals surface area (Å²) in [4.78, 5) is 3.50. The summed E-state index contributed by atoms with van der Waals surface area (Å²) < 4.78 is 47.9. The molecule has 4 nitrogen and oxygen atoms in total. The highest BCUT2D eigenvalue weighted by molar-refractivity contribution is 6.13. The van der Waals surface area contributed by atoms with Crippen LogP contribution in [0.25, 0.3) is 71.0 Å². The Hall–Kier alpha value is -6.31. The number of aryl methyl sites for hydroxylation is 2. The quantitative estimate of drug-likeness (QED) is 0.179. The molecular formula is C41H25F3N4. The molecule has 0 unspecified atom stereocenters. The summed E-state index contributed by atoms with van der Waals surface area (Å²) >= 11 is 0. The van der Waals surface area contributed by atoms with Gasteiger partial charge in [-0.3, -0.25) is 0 Å². The molecule has 8 rings (SSSR count). The molecule has 0 bridgehead atoms. The Kier molecular flexibility index (Phi) is 6.44. The smallest absolute Gasteiger partial charge is 0.307 e. The molecule has 0 aliphatic heterocycles. The van der Waals surface area contributed by atoms with Gasteiger partial charge >= 0.3 is 6.18 Å². The molecule has 0 aliphatic rings. The summed E-state index contributed by atoms with van der Waals surface area (Å²) in [5.41, 5.74) is 5.52. The lowest BCUT2D eigenvalue weighted by molar-refractivity contribution is -0.137. The van der Waals surface area contributed by atoms with E-state index in [1.54, 1.807) is 6.07 Å². The number of halogens is 3. The molecule has 0 spiro atoms. The molecule has 0 N–H and O–H groups in total. The number of benzene rings is 6. The fourth-order valence-electron chi connectivity index (χ4n) is 7.29. The average Bonchev–Trinajstić information content (AvgIpc) is 3.61. The van der Waals surface area contributed by atoms with Crippen molar-refractivity contribution in [3.63, 3.8) is 0 Å². The van der Waals surface area contributed by atoms with E-state index in [2.05, 4.69) is 20.0 Å². The Morgan fingerprint density at radius 3 is 1.79 bits per heavy atom. The lowest BCUT2D eigenvalue weighted by Crippen LogP contribution is -2.10. The van der Waals surface area contributed by atoms with E-state index in [0.29, 0.717) is 11.4 Å². The number of hydrogen-bond donors (Lipinski definition) is 0. The van der Waals surface area contributed by atoms with Crippen molar-refractivity contribution in [1.29, 1.82) is 5.26 Å². The Balaban J connectivity index is 1.64. The second-order valence-electron chi connectivity index (χ2n) is 12.0. The van der Waals surface area contributed by atoms with E-state index in [0.717, 1.165) is 60.8 Å². The van der Waals surface area contributed by atoms with Crippen molar-refractivity contribution in [3.05, 3.63) is 149 Å². The number of alkyl halides is 3. The normalized spacial score (nSPS) is 11.8. The number of rotatable bonds is 3. The van der Waals surface area contributed by atoms with Gasteiger partial charge in [0.2, 0.25) is 0 Å². The number of para-hydroxylation sites is 4. The van der Waals surface area contributed by atoms with E-state index in [1.807, 2.05) is 98.8 Å². The van der Waals surface area contributed by atoms with Crippen LogP contribution in [0.1, 0.15) is 22.3 Å². The molecule has 48 heavy (non-hydrogen) atoms. The second kappa shape index (κ2) is 10.6. The van der Waals surface area contributed by atoms with Gasteiger partial charge in [-0.05, 0) is 60.4 Å². The molecule has 2 heterocycles. The molecule has 0 amide bonds. The van der Waals surface area contributed by atoms with E-state index < -0.39 is 11.7 Å². The van der Waals surface area contributed by atoms with Gasteiger partial charge < -0.3 is 9.13 Å². The standard InChI is InChI=1S/C41H25F3N4/c1-24-11-8-15-30-28-13-4-6-19-34(28)47(38(24)30)36-22-26(37-32(41(42,43)44)17-10-18-33(37)46-3)21-27(23-45)40(36)48-35-20-7-5-14-29(35)31-16-9-12-25(2)39(31)48/h4-22H,1-2H3. The summed E-state index contributed by atoms with van der Waals surface area (Å²) in [6.45, 7) is 11.8. The van der Waals surface area contributed by atoms with E-state index >= 15 is 0 Å². The van der Waals surface area contributed by atoms with Crippen molar-refractivity contribution < 1.29 is 13.2 Å². The van der Waals surface area contributed by atoms with Crippen LogP contribution in [0.2, 0.25) is 0 Å². The van der Waals surface area contributed by atoms with Crippen molar-refractivity contribution in [2.75, 3.05) is 0 Å². The molecule has 230 valence electrons. The van der Waals surface area contributed by atoms with Crippen LogP contribution >= 0.6 is 0 Å². The lowest BCUT2D eigenvalue weighted by atomic mass is 9.94. The van der Waals surface area contributed by atoms with Gasteiger partial charge in [-0.15, -0.1) is 0 Å². The van der Waals surface area contributed by atoms with E-state index in [1.165, 1.54) is 18.2 Å². The molecule has 2 aromatic heterocycles. The zero-order chi connectivity index (χ0) is 33.3. The van der Waals surface area contributed by atoms with Crippen LogP contribution in [0.4, 0.5) is 18.9 Å². The molecule has 0 aliphatic carbocycles. The van der Waals surface area contributed by atoms with E-state index in [-0.39, 0.29) is 22.4 Å². The van der Waals surface area contributed by atoms with Gasteiger partial charge in [-0.1, -0.05) is 91.0 Å². The van der Waals surface area contributed by atoms with Gasteiger partial charge in [-0.25, -0.2) is 4.85 Å². The third kappa shape index (κ3) is 4.15. The maximum atomic E-state index is 14.6. The van der Waals surface area contributed by atoms with Crippen LogP contribution in [0.5, 0.6) is 0 Å². The van der Waals surface area contributed by atoms with Crippen molar-refractivity contribution in [2.24, 2.45) is 0 Å². The summed E-state index contributed by atoms with van der Waals surface area (Å²) in [6, 6.07) is 37.2. The van der Waals surface area contributed by atoms with E-state index in [9.17, 15) is 18.4 Å². The van der Waals surface area contributed by atoms with Crippen LogP contribution < -0.4 is 0 Å². The van der Waals surface area contributed by atoms with Gasteiger partial charge in [0.1, 0.15) is 6.07 Å². The monoisotopic (exact) mass is 630 g/mol. The second-order valence-corrected chi connectivity index (χ2v) is 12.0. The molecular weight excluding hydrogens is 605 g/mol. The highest BCUT2D eigenvalue weighted by Crippen LogP contribution is 2.46. The average molecular weight is 631 g/mol. The van der Waals surface area contributed by atoms with Crippen molar-refractivity contribution >= 4 is 49.3 Å². The van der Waals surface area contributed by atoms with Crippen LogP contribution in [0.3, 0.4) is 0 Å². The van der Waals surface area contributed by atoms with Crippen LogP contribution in [-0.2, 0) is 6.18 Å². The molecule has 6 aromatic carbocycles. The van der Waals surface area contributed by atoms with Crippen LogP contribution in [-0.4, -0.2) is 9.13 Å². The van der Waals surface area contributed by atoms with Gasteiger partial charge in [0.15, 0.2) is 5.69 Å². The Bertz CT molecular complexity index is 2710. The largest absolute Gasteiger partial charge is 0.415 e. The van der Waals surface area contributed by atoms with Crippen molar-refractivity contribution in [3.8, 4) is 28.6 Å². The first-order valence-electron chi connectivity index (χ1n) is 15.4. The van der Waals surface area contributed by atoms with Crippen LogP contribution in [0.15, 0.2) is 115 Å². The highest BCUT2D eigenvalue weighted by Gasteiger charge is 2.35. The predicted octanol–water partition coefficient (Wildman–Crippen LogP) is 11.6. The van der Waals surface area contributed by atoms with E-state index in [4.69, 9.17) is 6.57 Å². The summed E-state index contributed by atoms with van der Waals surface area (Å²) in [6.07, 6.45) is -4.73. The summed E-state index contributed by atoms with van der Waals surface area (Å²) in [5, 5.41) is 14.9. The number of nitriles is 1. The van der Waals surface area contributed by atoms with Crippen molar-refractivity contribution in [2.45, 2.75) is 20.0 Å². The summed E-state index contributed by atoms with van der Waals surface area (Å²) in [5.74, 6) is 0. The molecule has 7 heteroatoms. The zero-order valence-corrected chi connectivity index (χ0v) is 25.9.